The lowest BCUT2D eigenvalue weighted by molar-refractivity contribution is -0.00228. The van der Waals surface area contributed by atoms with Gasteiger partial charge in [-0.25, -0.2) is 4.79 Å². The van der Waals surface area contributed by atoms with Gasteiger partial charge in [-0.05, 0) is 19.1 Å². The van der Waals surface area contributed by atoms with Crippen LogP contribution in [0.4, 0.5) is 0 Å². The van der Waals surface area contributed by atoms with Crippen LogP contribution in [0.15, 0.2) is 24.3 Å². The zero-order valence-corrected chi connectivity index (χ0v) is 10.6. The maximum Gasteiger partial charge on any atom is 0.339 e. The molecule has 0 fully saturated rings. The summed E-state index contributed by atoms with van der Waals surface area (Å²) in [7, 11) is 1.61. The fourth-order valence-corrected chi connectivity index (χ4v) is 1.45. The van der Waals surface area contributed by atoms with Crippen LogP contribution in [0.5, 0.6) is 5.75 Å². The molecule has 0 radical (unpaired) electrons. The van der Waals surface area contributed by atoms with E-state index in [0.29, 0.717) is 25.6 Å². The van der Waals surface area contributed by atoms with Crippen molar-refractivity contribution in [2.75, 3.05) is 26.9 Å². The summed E-state index contributed by atoms with van der Waals surface area (Å²) in [6.07, 6.45) is -0.00619. The number of rotatable bonds is 8. The maximum atomic E-state index is 10.9. The van der Waals surface area contributed by atoms with E-state index in [2.05, 4.69) is 0 Å². The third-order valence-corrected chi connectivity index (χ3v) is 2.26. The number of benzene rings is 1. The molecular weight excluding hydrogens is 236 g/mol. The molecule has 18 heavy (non-hydrogen) atoms. The highest BCUT2D eigenvalue weighted by molar-refractivity contribution is 5.90. The molecule has 0 spiro atoms. The molecule has 0 aliphatic carbocycles. The van der Waals surface area contributed by atoms with Crippen molar-refractivity contribution < 1.29 is 24.1 Å². The summed E-state index contributed by atoms with van der Waals surface area (Å²) in [5.74, 6) is -0.646. The number of hydrogen-bond acceptors (Lipinski definition) is 4. The lowest BCUT2D eigenvalue weighted by Gasteiger charge is -2.13. The van der Waals surface area contributed by atoms with Gasteiger partial charge in [-0.15, -0.1) is 0 Å². The first-order valence-corrected chi connectivity index (χ1v) is 5.70. The second-order valence-electron chi connectivity index (χ2n) is 3.79. The second kappa shape index (κ2) is 7.68. The van der Waals surface area contributed by atoms with E-state index in [-0.39, 0.29) is 11.7 Å². The van der Waals surface area contributed by atoms with Gasteiger partial charge in [0.1, 0.15) is 17.9 Å². The standard InChI is InChI=1S/C13H18O5/c1-10(9-16-2)17-7-8-18-12-6-4-3-5-11(12)13(14)15/h3-6,10H,7-9H2,1-2H3,(H,14,15). The number of carbonyl (C=O) groups is 1. The van der Waals surface area contributed by atoms with E-state index < -0.39 is 5.97 Å². The Morgan fingerprint density at radius 1 is 1.33 bits per heavy atom. The summed E-state index contributed by atoms with van der Waals surface area (Å²) in [6.45, 7) is 3.11. The van der Waals surface area contributed by atoms with Crippen molar-refractivity contribution in [1.82, 2.24) is 0 Å². The Morgan fingerprint density at radius 2 is 2.06 bits per heavy atom. The van der Waals surface area contributed by atoms with Gasteiger partial charge in [0.15, 0.2) is 0 Å². The summed E-state index contributed by atoms with van der Waals surface area (Å²) in [5, 5.41) is 8.95. The second-order valence-corrected chi connectivity index (χ2v) is 3.79. The van der Waals surface area contributed by atoms with Crippen LogP contribution in [0.2, 0.25) is 0 Å². The van der Waals surface area contributed by atoms with Gasteiger partial charge in [-0.1, -0.05) is 12.1 Å². The van der Waals surface area contributed by atoms with Crippen molar-refractivity contribution in [1.29, 1.82) is 0 Å². The summed E-state index contributed by atoms with van der Waals surface area (Å²) in [4.78, 5) is 10.9. The first kappa shape index (κ1) is 14.5. The molecule has 1 unspecified atom stereocenters. The van der Waals surface area contributed by atoms with Crippen LogP contribution in [0, 0.1) is 0 Å². The number of carboxylic acid groups (broad SMARTS) is 1. The van der Waals surface area contributed by atoms with E-state index in [0.717, 1.165) is 0 Å². The average molecular weight is 254 g/mol. The molecule has 0 aliphatic rings. The van der Waals surface area contributed by atoms with E-state index >= 15 is 0 Å². The largest absolute Gasteiger partial charge is 0.490 e. The van der Waals surface area contributed by atoms with Crippen LogP contribution in [0.1, 0.15) is 17.3 Å². The Balaban J connectivity index is 2.37. The molecule has 0 heterocycles. The normalized spacial score (nSPS) is 12.1. The predicted molar refractivity (Wildman–Crippen MR) is 66.2 cm³/mol. The van der Waals surface area contributed by atoms with Gasteiger partial charge in [0.2, 0.25) is 0 Å². The summed E-state index contributed by atoms with van der Waals surface area (Å²) in [6, 6.07) is 6.53. The number of ether oxygens (including phenoxy) is 3. The molecule has 0 aromatic heterocycles. The summed E-state index contributed by atoms with van der Waals surface area (Å²) < 4.78 is 15.7. The van der Waals surface area contributed by atoms with Gasteiger partial charge >= 0.3 is 5.97 Å². The van der Waals surface area contributed by atoms with E-state index in [4.69, 9.17) is 19.3 Å². The van der Waals surface area contributed by atoms with Crippen LogP contribution >= 0.6 is 0 Å². The molecule has 100 valence electrons. The van der Waals surface area contributed by atoms with Crippen molar-refractivity contribution >= 4 is 5.97 Å². The predicted octanol–water partition coefficient (Wildman–Crippen LogP) is 1.82. The zero-order valence-electron chi connectivity index (χ0n) is 10.6. The van der Waals surface area contributed by atoms with E-state index in [1.54, 1.807) is 25.3 Å². The minimum Gasteiger partial charge on any atom is -0.490 e. The van der Waals surface area contributed by atoms with Crippen LogP contribution < -0.4 is 4.74 Å². The number of aromatic carboxylic acids is 1. The Kier molecular flexibility index (Phi) is 6.18. The van der Waals surface area contributed by atoms with Crippen LogP contribution in [0.25, 0.3) is 0 Å². The Bertz CT molecular complexity index is 377. The zero-order chi connectivity index (χ0) is 13.4. The molecule has 0 amide bonds. The van der Waals surface area contributed by atoms with E-state index in [1.807, 2.05) is 6.92 Å². The topological polar surface area (TPSA) is 65.0 Å². The average Bonchev–Trinajstić information content (AvgIpc) is 2.35. The number of methoxy groups -OCH3 is 1. The van der Waals surface area contributed by atoms with Crippen molar-refractivity contribution in [2.45, 2.75) is 13.0 Å². The van der Waals surface area contributed by atoms with Gasteiger partial charge in [-0.3, -0.25) is 0 Å². The molecule has 0 saturated heterocycles. The molecule has 0 aliphatic heterocycles. The molecule has 5 heteroatoms. The SMILES string of the molecule is COCC(C)OCCOc1ccccc1C(=O)O. The van der Waals surface area contributed by atoms with Crippen LogP contribution in [-0.4, -0.2) is 44.1 Å². The first-order valence-electron chi connectivity index (χ1n) is 5.70. The van der Waals surface area contributed by atoms with Crippen molar-refractivity contribution in [3.05, 3.63) is 29.8 Å². The van der Waals surface area contributed by atoms with Crippen LogP contribution in [-0.2, 0) is 9.47 Å². The Labute approximate surface area is 106 Å². The lowest BCUT2D eigenvalue weighted by Crippen LogP contribution is -2.19. The molecule has 1 aromatic carbocycles. The summed E-state index contributed by atoms with van der Waals surface area (Å²) >= 11 is 0. The Morgan fingerprint density at radius 3 is 2.72 bits per heavy atom. The van der Waals surface area contributed by atoms with Gasteiger partial charge in [0.05, 0.1) is 19.3 Å². The first-order chi connectivity index (χ1) is 8.65. The lowest BCUT2D eigenvalue weighted by atomic mass is 10.2. The maximum absolute atomic E-state index is 10.9. The molecule has 1 N–H and O–H groups in total. The van der Waals surface area contributed by atoms with Gasteiger partial charge < -0.3 is 19.3 Å². The fraction of sp³-hybridized carbons (Fsp3) is 0.462. The molecule has 0 saturated carbocycles. The minimum atomic E-state index is -1.00. The molecule has 5 nitrogen and oxygen atoms in total. The van der Waals surface area contributed by atoms with Crippen molar-refractivity contribution in [3.8, 4) is 5.75 Å². The smallest absolute Gasteiger partial charge is 0.339 e. The Hall–Kier alpha value is -1.59. The number of para-hydroxylation sites is 1. The van der Waals surface area contributed by atoms with E-state index in [1.165, 1.54) is 6.07 Å². The van der Waals surface area contributed by atoms with Crippen molar-refractivity contribution in [2.24, 2.45) is 0 Å². The van der Waals surface area contributed by atoms with Crippen molar-refractivity contribution in [3.63, 3.8) is 0 Å². The molecular formula is C13H18O5. The van der Waals surface area contributed by atoms with Gasteiger partial charge in [0, 0.05) is 7.11 Å². The third-order valence-electron chi connectivity index (χ3n) is 2.26. The summed E-state index contributed by atoms with van der Waals surface area (Å²) in [5.41, 5.74) is 0.155. The number of hydrogen-bond donors (Lipinski definition) is 1. The monoisotopic (exact) mass is 254 g/mol. The fourth-order valence-electron chi connectivity index (χ4n) is 1.45. The molecule has 1 aromatic rings. The molecule has 0 bridgehead atoms. The quantitative estimate of drug-likeness (QED) is 0.717. The third kappa shape index (κ3) is 4.73. The highest BCUT2D eigenvalue weighted by Crippen LogP contribution is 2.17. The van der Waals surface area contributed by atoms with Gasteiger partial charge in [-0.2, -0.15) is 0 Å². The minimum absolute atomic E-state index is 0.00619. The van der Waals surface area contributed by atoms with Gasteiger partial charge in [0.25, 0.3) is 0 Å². The molecule has 1 rings (SSSR count). The number of carboxylic acids is 1. The van der Waals surface area contributed by atoms with Crippen LogP contribution in [0.3, 0.4) is 0 Å². The van der Waals surface area contributed by atoms with E-state index in [9.17, 15) is 4.79 Å². The highest BCUT2D eigenvalue weighted by atomic mass is 16.5. The highest BCUT2D eigenvalue weighted by Gasteiger charge is 2.09. The molecule has 1 atom stereocenters.